The van der Waals surface area contributed by atoms with Crippen LogP contribution in [-0.2, 0) is 9.59 Å². The van der Waals surface area contributed by atoms with E-state index in [9.17, 15) is 14.0 Å². The first-order valence-electron chi connectivity index (χ1n) is 15.5. The number of hydrogen-bond acceptors (Lipinski definition) is 8. The van der Waals surface area contributed by atoms with E-state index < -0.39 is 0 Å². The van der Waals surface area contributed by atoms with E-state index in [0.717, 1.165) is 27.8 Å². The van der Waals surface area contributed by atoms with Crippen molar-refractivity contribution < 1.29 is 14.0 Å². The van der Waals surface area contributed by atoms with Gasteiger partial charge in [-0.2, -0.15) is 5.10 Å². The number of halogens is 1. The number of aromatic nitrogens is 5. The van der Waals surface area contributed by atoms with E-state index in [2.05, 4.69) is 47.2 Å². The molecule has 2 N–H and O–H groups in total. The molecule has 0 radical (unpaired) electrons. The number of nitrogens with one attached hydrogen (secondary N) is 2. The molecular formula is C34H34FN9O2. The van der Waals surface area contributed by atoms with Crippen LogP contribution in [0.15, 0.2) is 79.3 Å². The Morgan fingerprint density at radius 1 is 0.957 bits per heavy atom. The monoisotopic (exact) mass is 619 g/mol. The molecule has 5 heterocycles. The van der Waals surface area contributed by atoms with Crippen LogP contribution >= 0.6 is 0 Å². The number of piperazine rings is 1. The number of likely N-dealkylation sites (tertiary alicyclic amines) is 1. The number of anilines is 2. The molecule has 234 valence electrons. The summed E-state index contributed by atoms with van der Waals surface area (Å²) < 4.78 is 13.4. The van der Waals surface area contributed by atoms with Gasteiger partial charge in [-0.1, -0.05) is 0 Å². The molecular weight excluding hydrogens is 585 g/mol. The van der Waals surface area contributed by atoms with Crippen LogP contribution in [-0.4, -0.2) is 92.1 Å². The molecule has 3 aromatic heterocycles. The van der Waals surface area contributed by atoms with Crippen LogP contribution in [0.5, 0.6) is 0 Å². The lowest BCUT2D eigenvalue weighted by atomic mass is 10.1. The van der Waals surface area contributed by atoms with Crippen molar-refractivity contribution in [3.63, 3.8) is 0 Å². The summed E-state index contributed by atoms with van der Waals surface area (Å²) in [4.78, 5) is 46.0. The predicted molar refractivity (Wildman–Crippen MR) is 173 cm³/mol. The zero-order valence-electron chi connectivity index (χ0n) is 25.4. The SMILES string of the molecule is CC1CN(c2ccc(-c3ncccn3)cn2)CCN1C(=O)CN1CCC(C(=O)Nc2ccc3[nH]nc(-c4ccc(F)cc4)c3c2)C1. The maximum atomic E-state index is 13.4. The Labute approximate surface area is 265 Å². The number of nitrogens with zero attached hydrogens (tertiary/aromatic N) is 7. The van der Waals surface area contributed by atoms with Gasteiger partial charge in [-0.15, -0.1) is 0 Å². The second-order valence-electron chi connectivity index (χ2n) is 11.9. The number of benzene rings is 2. The smallest absolute Gasteiger partial charge is 0.237 e. The standard InChI is InChI=1S/C34H34FN9O2/c1-22-19-43(30-10-5-24(18-38-30)33-36-12-2-13-37-33)15-16-44(22)31(45)21-42-14-11-25(20-42)34(46)39-27-8-9-29-28(17-27)32(41-40-29)23-3-6-26(35)7-4-23/h2-10,12-13,17-18,22,25H,11,14-16,19-21H2,1H3,(H,39,46)(H,40,41). The fourth-order valence-electron chi connectivity index (χ4n) is 6.33. The average Bonchev–Trinajstić information content (AvgIpc) is 3.73. The molecule has 2 saturated heterocycles. The van der Waals surface area contributed by atoms with Crippen LogP contribution < -0.4 is 10.2 Å². The highest BCUT2D eigenvalue weighted by molar-refractivity contribution is 5.99. The van der Waals surface area contributed by atoms with Gasteiger partial charge in [0.1, 0.15) is 11.6 Å². The Balaban J connectivity index is 0.917. The lowest BCUT2D eigenvalue weighted by Gasteiger charge is -2.41. The van der Waals surface area contributed by atoms with Gasteiger partial charge in [0.2, 0.25) is 11.8 Å². The Hall–Kier alpha value is -5.23. The van der Waals surface area contributed by atoms with E-state index in [1.807, 2.05) is 35.2 Å². The molecule has 12 heteroatoms. The molecule has 11 nitrogen and oxygen atoms in total. The summed E-state index contributed by atoms with van der Waals surface area (Å²) in [6.45, 7) is 5.57. The third kappa shape index (κ3) is 6.16. The van der Waals surface area contributed by atoms with Gasteiger partial charge >= 0.3 is 0 Å². The topological polar surface area (TPSA) is 123 Å². The second-order valence-corrected chi connectivity index (χ2v) is 11.9. The first-order chi connectivity index (χ1) is 22.4. The summed E-state index contributed by atoms with van der Waals surface area (Å²) in [5.41, 5.74) is 3.83. The van der Waals surface area contributed by atoms with Gasteiger partial charge in [-0.05, 0) is 80.6 Å². The van der Waals surface area contributed by atoms with Crippen LogP contribution in [0, 0.1) is 11.7 Å². The number of rotatable bonds is 7. The largest absolute Gasteiger partial charge is 0.353 e. The summed E-state index contributed by atoms with van der Waals surface area (Å²) in [6, 6.07) is 17.5. The minimum absolute atomic E-state index is 0.0273. The fourth-order valence-corrected chi connectivity index (χ4v) is 6.33. The van der Waals surface area contributed by atoms with Crippen LogP contribution in [0.2, 0.25) is 0 Å². The Bertz CT molecular complexity index is 1850. The first kappa shape index (κ1) is 29.5. The van der Waals surface area contributed by atoms with Crippen molar-refractivity contribution in [1.82, 2.24) is 34.9 Å². The van der Waals surface area contributed by atoms with Gasteiger partial charge in [0, 0.05) is 73.0 Å². The summed E-state index contributed by atoms with van der Waals surface area (Å²) in [5, 5.41) is 11.3. The zero-order valence-corrected chi connectivity index (χ0v) is 25.4. The molecule has 2 unspecified atom stereocenters. The molecule has 2 aliphatic heterocycles. The first-order valence-corrected chi connectivity index (χ1v) is 15.5. The van der Waals surface area contributed by atoms with E-state index in [-0.39, 0.29) is 29.6 Å². The lowest BCUT2D eigenvalue weighted by Crippen LogP contribution is -2.56. The maximum Gasteiger partial charge on any atom is 0.237 e. The summed E-state index contributed by atoms with van der Waals surface area (Å²) in [7, 11) is 0. The lowest BCUT2D eigenvalue weighted by molar-refractivity contribution is -0.134. The molecule has 0 saturated carbocycles. The van der Waals surface area contributed by atoms with Crippen molar-refractivity contribution in [3.05, 3.63) is 85.1 Å². The molecule has 2 aromatic carbocycles. The van der Waals surface area contributed by atoms with Gasteiger partial charge in [0.15, 0.2) is 5.82 Å². The van der Waals surface area contributed by atoms with E-state index in [1.54, 1.807) is 36.8 Å². The number of amides is 2. The maximum absolute atomic E-state index is 13.4. The van der Waals surface area contributed by atoms with Gasteiger partial charge in [0.05, 0.1) is 23.7 Å². The highest BCUT2D eigenvalue weighted by Gasteiger charge is 2.33. The van der Waals surface area contributed by atoms with Crippen molar-refractivity contribution in [2.45, 2.75) is 19.4 Å². The predicted octanol–water partition coefficient (Wildman–Crippen LogP) is 4.22. The third-order valence-corrected chi connectivity index (χ3v) is 8.79. The summed E-state index contributed by atoms with van der Waals surface area (Å²) in [5.74, 6) is 0.993. The number of pyridine rings is 1. The van der Waals surface area contributed by atoms with E-state index in [4.69, 9.17) is 0 Å². The molecule has 2 aliphatic rings. The van der Waals surface area contributed by atoms with Crippen LogP contribution in [0.4, 0.5) is 15.9 Å². The van der Waals surface area contributed by atoms with Crippen molar-refractivity contribution >= 4 is 34.2 Å². The summed E-state index contributed by atoms with van der Waals surface area (Å²) in [6.07, 6.45) is 5.89. The average molecular weight is 620 g/mol. The summed E-state index contributed by atoms with van der Waals surface area (Å²) >= 11 is 0. The van der Waals surface area contributed by atoms with Crippen LogP contribution in [0.1, 0.15) is 13.3 Å². The van der Waals surface area contributed by atoms with Crippen LogP contribution in [0.3, 0.4) is 0 Å². The number of H-pyrrole nitrogens is 1. The fraction of sp³-hybridized carbons (Fsp3) is 0.294. The number of carbonyl (C=O) groups excluding carboxylic acids is 2. The number of fused-ring (bicyclic) bond motifs is 1. The molecule has 5 aromatic rings. The van der Waals surface area contributed by atoms with E-state index >= 15 is 0 Å². The highest BCUT2D eigenvalue weighted by Crippen LogP contribution is 2.29. The molecule has 2 amide bonds. The van der Waals surface area contributed by atoms with Crippen LogP contribution in [0.25, 0.3) is 33.5 Å². The molecule has 2 fully saturated rings. The molecule has 0 spiro atoms. The van der Waals surface area contributed by atoms with Crippen molar-refractivity contribution in [3.8, 4) is 22.6 Å². The minimum Gasteiger partial charge on any atom is -0.353 e. The normalized spacial score (nSPS) is 18.7. The molecule has 46 heavy (non-hydrogen) atoms. The quantitative estimate of drug-likeness (QED) is 0.278. The third-order valence-electron chi connectivity index (χ3n) is 8.79. The van der Waals surface area contributed by atoms with Crippen molar-refractivity contribution in [2.24, 2.45) is 5.92 Å². The number of hydrogen-bond donors (Lipinski definition) is 2. The van der Waals surface area contributed by atoms with Crippen molar-refractivity contribution in [1.29, 1.82) is 0 Å². The Morgan fingerprint density at radius 3 is 2.52 bits per heavy atom. The number of carbonyl (C=O) groups is 2. The Kier molecular flexibility index (Phi) is 8.10. The minimum atomic E-state index is -0.309. The highest BCUT2D eigenvalue weighted by atomic mass is 19.1. The molecule has 7 rings (SSSR count). The van der Waals surface area contributed by atoms with Gasteiger partial charge in [-0.3, -0.25) is 19.6 Å². The van der Waals surface area contributed by atoms with Gasteiger partial charge < -0.3 is 15.1 Å². The molecule has 0 aliphatic carbocycles. The van der Waals surface area contributed by atoms with E-state index in [1.165, 1.54) is 12.1 Å². The van der Waals surface area contributed by atoms with Gasteiger partial charge in [-0.25, -0.2) is 19.3 Å². The zero-order chi connectivity index (χ0) is 31.6. The molecule has 0 bridgehead atoms. The number of aromatic amines is 1. The van der Waals surface area contributed by atoms with Crippen molar-refractivity contribution in [2.75, 3.05) is 49.5 Å². The Morgan fingerprint density at radius 2 is 1.76 bits per heavy atom. The molecule has 2 atom stereocenters. The van der Waals surface area contributed by atoms with E-state index in [0.29, 0.717) is 62.9 Å². The second kappa shape index (κ2) is 12.6. The van der Waals surface area contributed by atoms with Gasteiger partial charge in [0.25, 0.3) is 0 Å².